The molecule has 7 nitrogen and oxygen atoms in total. The zero-order valence-electron chi connectivity index (χ0n) is 12.8. The summed E-state index contributed by atoms with van der Waals surface area (Å²) in [5.41, 5.74) is 1.53. The highest BCUT2D eigenvalue weighted by atomic mass is 32.1. The molecule has 3 aromatic heterocycles. The van der Waals surface area contributed by atoms with Crippen LogP contribution in [0.1, 0.15) is 32.4 Å². The number of nitrogens with one attached hydrogen (secondary N) is 1. The molecule has 0 aliphatic carbocycles. The SMILES string of the molecule is Cc1cnc(C(=O)OCc2nc3sc(C)c(C)c3c(=O)[nH]2)cn1. The van der Waals surface area contributed by atoms with Crippen LogP contribution in [0, 0.1) is 20.8 Å². The van der Waals surface area contributed by atoms with Crippen LogP contribution >= 0.6 is 11.3 Å². The van der Waals surface area contributed by atoms with Gasteiger partial charge >= 0.3 is 5.97 Å². The average Bonchev–Trinajstić information content (AvgIpc) is 2.80. The van der Waals surface area contributed by atoms with E-state index in [2.05, 4.69) is 19.9 Å². The topological polar surface area (TPSA) is 97.8 Å². The number of esters is 1. The Hall–Kier alpha value is -2.61. The molecule has 0 saturated heterocycles. The number of thiophene rings is 1. The van der Waals surface area contributed by atoms with Gasteiger partial charge in [-0.15, -0.1) is 11.3 Å². The smallest absolute Gasteiger partial charge is 0.358 e. The fourth-order valence-electron chi connectivity index (χ4n) is 2.07. The molecule has 0 spiro atoms. The zero-order chi connectivity index (χ0) is 16.6. The predicted octanol–water partition coefficient (Wildman–Crippen LogP) is 2.06. The Morgan fingerprint density at radius 2 is 2.04 bits per heavy atom. The van der Waals surface area contributed by atoms with E-state index in [4.69, 9.17) is 4.74 Å². The van der Waals surface area contributed by atoms with Gasteiger partial charge in [0.05, 0.1) is 17.3 Å². The molecular formula is C15H14N4O3S. The molecular weight excluding hydrogens is 316 g/mol. The molecule has 3 heterocycles. The van der Waals surface area contributed by atoms with Crippen LogP contribution < -0.4 is 5.56 Å². The number of aromatic amines is 1. The van der Waals surface area contributed by atoms with E-state index >= 15 is 0 Å². The third kappa shape index (κ3) is 2.98. The van der Waals surface area contributed by atoms with Crippen molar-refractivity contribution < 1.29 is 9.53 Å². The first kappa shape index (κ1) is 15.3. The molecule has 0 aromatic carbocycles. The molecule has 23 heavy (non-hydrogen) atoms. The second kappa shape index (κ2) is 5.88. The summed E-state index contributed by atoms with van der Waals surface area (Å²) in [6.45, 7) is 5.48. The molecule has 0 amide bonds. The highest BCUT2D eigenvalue weighted by molar-refractivity contribution is 7.18. The molecule has 1 N–H and O–H groups in total. The summed E-state index contributed by atoms with van der Waals surface area (Å²) in [6.07, 6.45) is 2.84. The van der Waals surface area contributed by atoms with E-state index in [1.807, 2.05) is 13.8 Å². The number of ether oxygens (including phenoxy) is 1. The van der Waals surface area contributed by atoms with Crippen LogP contribution in [0.15, 0.2) is 17.2 Å². The first-order valence-corrected chi connectivity index (χ1v) is 7.72. The molecule has 0 fully saturated rings. The Morgan fingerprint density at radius 3 is 2.74 bits per heavy atom. The van der Waals surface area contributed by atoms with Crippen molar-refractivity contribution in [2.75, 3.05) is 0 Å². The zero-order valence-corrected chi connectivity index (χ0v) is 13.7. The monoisotopic (exact) mass is 330 g/mol. The Bertz CT molecular complexity index is 944. The molecule has 0 aliphatic heterocycles. The molecule has 0 bridgehead atoms. The molecule has 118 valence electrons. The normalized spacial score (nSPS) is 10.9. The standard InChI is InChI=1S/C15H14N4O3S/c1-7-4-17-10(5-16-7)15(21)22-6-11-18-13(20)12-8(2)9(3)23-14(12)19-11/h4-5H,6H2,1-3H3,(H,18,19,20). The van der Waals surface area contributed by atoms with Crippen molar-refractivity contribution in [1.82, 2.24) is 19.9 Å². The van der Waals surface area contributed by atoms with E-state index in [0.717, 1.165) is 10.4 Å². The van der Waals surface area contributed by atoms with Gasteiger partial charge in [-0.3, -0.25) is 9.78 Å². The van der Waals surface area contributed by atoms with Gasteiger partial charge in [-0.05, 0) is 26.3 Å². The number of aromatic nitrogens is 4. The number of fused-ring (bicyclic) bond motifs is 1. The van der Waals surface area contributed by atoms with Crippen LogP contribution in [-0.4, -0.2) is 25.9 Å². The van der Waals surface area contributed by atoms with Gasteiger partial charge in [-0.1, -0.05) is 0 Å². The van der Waals surface area contributed by atoms with Gasteiger partial charge in [0.25, 0.3) is 5.56 Å². The summed E-state index contributed by atoms with van der Waals surface area (Å²) < 4.78 is 5.13. The van der Waals surface area contributed by atoms with Crippen LogP contribution in [-0.2, 0) is 11.3 Å². The minimum Gasteiger partial charge on any atom is -0.453 e. The summed E-state index contributed by atoms with van der Waals surface area (Å²) >= 11 is 1.45. The van der Waals surface area contributed by atoms with Crippen molar-refractivity contribution >= 4 is 27.5 Å². The number of hydrogen-bond acceptors (Lipinski definition) is 7. The maximum atomic E-state index is 12.1. The molecule has 0 unspecified atom stereocenters. The molecule has 0 saturated carbocycles. The number of carbonyl (C=O) groups is 1. The van der Waals surface area contributed by atoms with Crippen LogP contribution in [0.2, 0.25) is 0 Å². The minimum atomic E-state index is -0.612. The predicted molar refractivity (Wildman–Crippen MR) is 85.6 cm³/mol. The fourth-order valence-corrected chi connectivity index (χ4v) is 3.12. The third-order valence-corrected chi connectivity index (χ3v) is 4.52. The van der Waals surface area contributed by atoms with Gasteiger partial charge in [0.1, 0.15) is 17.3 Å². The Labute approximate surface area is 135 Å². The summed E-state index contributed by atoms with van der Waals surface area (Å²) in [5.74, 6) is -0.309. The van der Waals surface area contributed by atoms with Crippen molar-refractivity contribution in [3.8, 4) is 0 Å². The van der Waals surface area contributed by atoms with E-state index in [1.54, 1.807) is 6.92 Å². The van der Waals surface area contributed by atoms with Crippen LogP contribution in [0.3, 0.4) is 0 Å². The van der Waals surface area contributed by atoms with Crippen LogP contribution in [0.25, 0.3) is 10.2 Å². The van der Waals surface area contributed by atoms with Crippen molar-refractivity contribution in [2.45, 2.75) is 27.4 Å². The summed E-state index contributed by atoms with van der Waals surface area (Å²) in [6, 6.07) is 0. The number of aryl methyl sites for hydroxylation is 3. The van der Waals surface area contributed by atoms with E-state index in [-0.39, 0.29) is 17.9 Å². The lowest BCUT2D eigenvalue weighted by molar-refractivity contribution is 0.0455. The molecule has 3 rings (SSSR count). The minimum absolute atomic E-state index is 0.113. The highest BCUT2D eigenvalue weighted by Gasteiger charge is 2.14. The Balaban J connectivity index is 1.81. The summed E-state index contributed by atoms with van der Waals surface area (Å²) in [7, 11) is 0. The Morgan fingerprint density at radius 1 is 1.26 bits per heavy atom. The van der Waals surface area contributed by atoms with Gasteiger partial charge in [0.15, 0.2) is 5.69 Å². The largest absolute Gasteiger partial charge is 0.453 e. The quantitative estimate of drug-likeness (QED) is 0.738. The van der Waals surface area contributed by atoms with E-state index in [9.17, 15) is 9.59 Å². The van der Waals surface area contributed by atoms with Gasteiger partial charge in [0, 0.05) is 11.1 Å². The second-order valence-corrected chi connectivity index (χ2v) is 6.30. The number of nitrogens with zero attached hydrogens (tertiary/aromatic N) is 3. The van der Waals surface area contributed by atoms with Crippen molar-refractivity contribution in [3.63, 3.8) is 0 Å². The van der Waals surface area contributed by atoms with Crippen molar-refractivity contribution in [2.24, 2.45) is 0 Å². The summed E-state index contributed by atoms with van der Waals surface area (Å²) in [4.78, 5) is 40.6. The maximum absolute atomic E-state index is 12.1. The molecule has 0 radical (unpaired) electrons. The molecule has 3 aromatic rings. The number of carbonyl (C=O) groups excluding carboxylic acids is 1. The van der Waals surface area contributed by atoms with E-state index in [1.165, 1.54) is 23.7 Å². The van der Waals surface area contributed by atoms with Crippen LogP contribution in [0.4, 0.5) is 0 Å². The lowest BCUT2D eigenvalue weighted by Gasteiger charge is -2.04. The number of H-pyrrole nitrogens is 1. The lowest BCUT2D eigenvalue weighted by atomic mass is 10.2. The van der Waals surface area contributed by atoms with Crippen LogP contribution in [0.5, 0.6) is 0 Å². The van der Waals surface area contributed by atoms with Gasteiger partial charge < -0.3 is 9.72 Å². The van der Waals surface area contributed by atoms with E-state index < -0.39 is 5.97 Å². The first-order chi connectivity index (χ1) is 11.0. The van der Waals surface area contributed by atoms with Gasteiger partial charge in [-0.25, -0.2) is 14.8 Å². The highest BCUT2D eigenvalue weighted by Crippen LogP contribution is 2.25. The van der Waals surface area contributed by atoms with E-state index in [0.29, 0.717) is 21.7 Å². The third-order valence-electron chi connectivity index (χ3n) is 3.42. The molecule has 0 atom stereocenters. The van der Waals surface area contributed by atoms with Crippen molar-refractivity contribution in [3.05, 3.63) is 50.4 Å². The fraction of sp³-hybridized carbons (Fsp3) is 0.267. The van der Waals surface area contributed by atoms with Gasteiger partial charge in [-0.2, -0.15) is 0 Å². The molecule has 8 heteroatoms. The maximum Gasteiger partial charge on any atom is 0.358 e. The average molecular weight is 330 g/mol. The second-order valence-electron chi connectivity index (χ2n) is 5.10. The number of hydrogen-bond donors (Lipinski definition) is 1. The Kier molecular flexibility index (Phi) is 3.91. The molecule has 0 aliphatic rings. The lowest BCUT2D eigenvalue weighted by Crippen LogP contribution is -2.15. The van der Waals surface area contributed by atoms with Crippen molar-refractivity contribution in [1.29, 1.82) is 0 Å². The number of rotatable bonds is 3. The first-order valence-electron chi connectivity index (χ1n) is 6.90. The van der Waals surface area contributed by atoms with Gasteiger partial charge in [0.2, 0.25) is 0 Å². The summed E-state index contributed by atoms with van der Waals surface area (Å²) in [5, 5.41) is 0.590.